The maximum atomic E-state index is 8.89. The zero-order valence-electron chi connectivity index (χ0n) is 5.34. The third-order valence-corrected chi connectivity index (χ3v) is 0. The molecule has 4 nitrogen and oxygen atoms in total. The number of rotatable bonds is 0. The average Bonchev–Trinajstić information content (AvgIpc) is 1.25. The molecular weight excluding hydrogens is 176 g/mol. The molecule has 52 valence electrons. The molecule has 0 amide bonds. The van der Waals surface area contributed by atoms with Gasteiger partial charge in [0.2, 0.25) is 0 Å². The molecule has 0 radical (unpaired) electrons. The molecule has 0 N–H and O–H groups in total. The number of carboxylic acids is 2. The van der Waals surface area contributed by atoms with Crippen molar-refractivity contribution >= 4 is 72.7 Å². The van der Waals surface area contributed by atoms with Gasteiger partial charge in [-0.15, -0.1) is 0 Å². The van der Waals surface area contributed by atoms with Gasteiger partial charge in [-0.3, -0.25) is 0 Å². The molecule has 0 heterocycles. The smallest absolute Gasteiger partial charge is 2.00 e. The fourth-order valence-electron chi connectivity index (χ4n) is 0. The van der Waals surface area contributed by atoms with Crippen LogP contribution < -0.4 is 10.2 Å². The molecule has 0 spiro atoms. The molecule has 0 rings (SSSR count). The van der Waals surface area contributed by atoms with Crippen LogP contribution in [0.3, 0.4) is 0 Å². The van der Waals surface area contributed by atoms with Crippen molar-refractivity contribution in [2.24, 2.45) is 0 Å². The predicted octanol–water partition coefficient (Wildman–Crippen LogP) is -3.78. The summed E-state index contributed by atoms with van der Waals surface area (Å²) in [6, 6.07) is 0. The summed E-state index contributed by atoms with van der Waals surface area (Å²) < 4.78 is 0. The van der Waals surface area contributed by atoms with E-state index in [9.17, 15) is 0 Å². The number of aliphatic carboxylic acids is 2. The molecule has 0 aromatic rings. The van der Waals surface area contributed by atoms with Gasteiger partial charge in [0.1, 0.15) is 0 Å². The first-order chi connectivity index (χ1) is 3.46. The Labute approximate surface area is 105 Å². The first kappa shape index (κ1) is 22.4. The van der Waals surface area contributed by atoms with Gasteiger partial charge in [-0.25, -0.2) is 0 Å². The monoisotopic (exact) mass is 184 g/mol. The van der Waals surface area contributed by atoms with E-state index in [2.05, 4.69) is 0 Å². The summed E-state index contributed by atoms with van der Waals surface area (Å²) in [6.07, 6.45) is 0. The Hall–Kier alpha value is 0.966. The standard InChI is InChI=1S/2C2H4O2.Ca.Mg.2H/c2*1-2(3)4;;;;/h2*1H3,(H,3,4);;;;/q;;;+2;;/p-2. The molecule has 0 atom stereocenters. The molecule has 0 aromatic heterocycles. The van der Waals surface area contributed by atoms with E-state index < -0.39 is 11.9 Å². The Morgan fingerprint density at radius 2 is 1.00 bits per heavy atom. The normalized spacial score (nSPS) is 5.00. The van der Waals surface area contributed by atoms with Gasteiger partial charge < -0.3 is 19.8 Å². The maximum absolute atomic E-state index is 8.89. The summed E-state index contributed by atoms with van der Waals surface area (Å²) in [4.78, 5) is 17.8. The van der Waals surface area contributed by atoms with Crippen LogP contribution in [0.25, 0.3) is 0 Å². The minimum absolute atomic E-state index is 0. The molecule has 0 aliphatic rings. The number of hydrogen-bond donors (Lipinski definition) is 0. The van der Waals surface area contributed by atoms with Crippen molar-refractivity contribution < 1.29 is 19.8 Å². The van der Waals surface area contributed by atoms with Crippen LogP contribution in [0.1, 0.15) is 13.8 Å². The molecule has 0 bridgehead atoms. The van der Waals surface area contributed by atoms with Crippen molar-refractivity contribution in [1.82, 2.24) is 0 Å². The van der Waals surface area contributed by atoms with Gasteiger partial charge in [0.15, 0.2) is 0 Å². The van der Waals surface area contributed by atoms with E-state index in [0.29, 0.717) is 0 Å². The molecule has 0 fully saturated rings. The van der Waals surface area contributed by atoms with Gasteiger partial charge in [-0.05, 0) is 13.8 Å². The zero-order chi connectivity index (χ0) is 7.15. The Bertz CT molecular complexity index is 75.3. The van der Waals surface area contributed by atoms with Crippen molar-refractivity contribution in [3.05, 3.63) is 0 Å². The Morgan fingerprint density at radius 3 is 1.00 bits per heavy atom. The predicted molar refractivity (Wildman–Crippen MR) is 35.7 cm³/mol. The quantitative estimate of drug-likeness (QED) is 0.362. The van der Waals surface area contributed by atoms with Gasteiger partial charge in [-0.2, -0.15) is 0 Å². The second kappa shape index (κ2) is 16.5. The topological polar surface area (TPSA) is 80.3 Å². The summed E-state index contributed by atoms with van der Waals surface area (Å²) >= 11 is 0. The third-order valence-electron chi connectivity index (χ3n) is 0. The van der Waals surface area contributed by atoms with Crippen molar-refractivity contribution in [2.75, 3.05) is 0 Å². The molecule has 0 aliphatic carbocycles. The molecule has 0 aromatic carbocycles. The molecule has 10 heavy (non-hydrogen) atoms. The summed E-state index contributed by atoms with van der Waals surface area (Å²) in [5.41, 5.74) is 0. The van der Waals surface area contributed by atoms with Gasteiger partial charge in [0, 0.05) is 11.9 Å². The molecular formula is C4H8CaMgO4. The second-order valence-corrected chi connectivity index (χ2v) is 0.983. The van der Waals surface area contributed by atoms with E-state index in [0.717, 1.165) is 13.8 Å². The number of carbonyl (C=O) groups is 2. The fourth-order valence-corrected chi connectivity index (χ4v) is 0. The van der Waals surface area contributed by atoms with Crippen LogP contribution in [-0.2, 0) is 9.59 Å². The summed E-state index contributed by atoms with van der Waals surface area (Å²) in [5.74, 6) is -2.17. The molecule has 0 aliphatic heterocycles. The Kier molecular flexibility index (Phi) is 37.1. The van der Waals surface area contributed by atoms with Crippen molar-refractivity contribution in [3.63, 3.8) is 0 Å². The fraction of sp³-hybridized carbons (Fsp3) is 0.500. The minimum atomic E-state index is -1.08. The van der Waals surface area contributed by atoms with Gasteiger partial charge >= 0.3 is 60.8 Å². The number of carbonyl (C=O) groups excluding carboxylic acids is 2. The summed E-state index contributed by atoms with van der Waals surface area (Å²) in [7, 11) is 0. The number of hydrogen-bond acceptors (Lipinski definition) is 4. The first-order valence-corrected chi connectivity index (χ1v) is 1.82. The molecule has 0 saturated heterocycles. The maximum Gasteiger partial charge on any atom is 2.00 e. The van der Waals surface area contributed by atoms with E-state index in [1.54, 1.807) is 0 Å². The van der Waals surface area contributed by atoms with Crippen LogP contribution >= 0.6 is 0 Å². The Morgan fingerprint density at radius 1 is 1.00 bits per heavy atom. The number of carboxylic acid groups (broad SMARTS) is 2. The Balaban J connectivity index is -0.0000000300. The van der Waals surface area contributed by atoms with Crippen LogP contribution in [-0.4, -0.2) is 72.7 Å². The molecule has 6 heteroatoms. The van der Waals surface area contributed by atoms with Crippen molar-refractivity contribution in [3.8, 4) is 0 Å². The molecule has 0 unspecified atom stereocenters. The van der Waals surface area contributed by atoms with Crippen LogP contribution in [0.2, 0.25) is 0 Å². The SMILES string of the molecule is CC(=O)[O-].CC(=O)[O-].[CaH2].[Mg+2]. The van der Waals surface area contributed by atoms with Gasteiger partial charge in [-0.1, -0.05) is 0 Å². The summed E-state index contributed by atoms with van der Waals surface area (Å²) in [5, 5.41) is 17.8. The van der Waals surface area contributed by atoms with Crippen LogP contribution in [0.5, 0.6) is 0 Å². The van der Waals surface area contributed by atoms with E-state index >= 15 is 0 Å². The van der Waals surface area contributed by atoms with Crippen LogP contribution in [0.15, 0.2) is 0 Å². The van der Waals surface area contributed by atoms with E-state index in [1.807, 2.05) is 0 Å². The van der Waals surface area contributed by atoms with Crippen molar-refractivity contribution in [1.29, 1.82) is 0 Å². The van der Waals surface area contributed by atoms with Gasteiger partial charge in [0.25, 0.3) is 0 Å². The van der Waals surface area contributed by atoms with E-state index in [4.69, 9.17) is 19.8 Å². The summed E-state index contributed by atoms with van der Waals surface area (Å²) in [6.45, 7) is 1.94. The van der Waals surface area contributed by atoms with E-state index in [-0.39, 0.29) is 60.8 Å². The largest absolute Gasteiger partial charge is 2.00 e. The zero-order valence-corrected chi connectivity index (χ0v) is 6.75. The molecule has 0 saturated carbocycles. The second-order valence-electron chi connectivity index (χ2n) is 0.983. The third kappa shape index (κ3) is 610. The van der Waals surface area contributed by atoms with Crippen LogP contribution in [0, 0.1) is 0 Å². The van der Waals surface area contributed by atoms with Gasteiger partial charge in [0.05, 0.1) is 0 Å². The van der Waals surface area contributed by atoms with E-state index in [1.165, 1.54) is 0 Å². The first-order valence-electron chi connectivity index (χ1n) is 1.82. The van der Waals surface area contributed by atoms with Crippen molar-refractivity contribution in [2.45, 2.75) is 13.8 Å². The van der Waals surface area contributed by atoms with Crippen LogP contribution in [0.4, 0.5) is 0 Å². The minimum Gasteiger partial charge on any atom is 2.00 e. The average molecular weight is 184 g/mol.